The highest BCUT2D eigenvalue weighted by Crippen LogP contribution is 2.17. The Kier molecular flexibility index (Phi) is 6.32. The fourth-order valence-corrected chi connectivity index (χ4v) is 2.61. The van der Waals surface area contributed by atoms with Gasteiger partial charge in [0.2, 0.25) is 0 Å². The average molecular weight is 348 g/mol. The molecule has 0 aliphatic rings. The van der Waals surface area contributed by atoms with E-state index in [0.717, 1.165) is 15.3 Å². The van der Waals surface area contributed by atoms with Crippen molar-refractivity contribution in [1.82, 2.24) is 5.06 Å². The lowest BCUT2D eigenvalue weighted by molar-refractivity contribution is -0.0536. The van der Waals surface area contributed by atoms with E-state index in [2.05, 4.69) is 11.8 Å². The second-order valence-electron chi connectivity index (χ2n) is 5.01. The Morgan fingerprint density at radius 3 is 2.71 bits per heavy atom. The Bertz CT molecular complexity index is 749. The zero-order valence-corrected chi connectivity index (χ0v) is 13.8. The van der Waals surface area contributed by atoms with Gasteiger partial charge in [-0.25, -0.2) is 9.18 Å². The minimum Gasteiger partial charge on any atom is -0.371 e. The van der Waals surface area contributed by atoms with E-state index in [1.165, 1.54) is 23.5 Å². The molecule has 0 spiro atoms. The van der Waals surface area contributed by atoms with Crippen molar-refractivity contribution >= 4 is 17.4 Å². The molecule has 0 aliphatic carbocycles. The highest BCUT2D eigenvalue weighted by molar-refractivity contribution is 7.12. The van der Waals surface area contributed by atoms with E-state index in [-0.39, 0.29) is 5.82 Å². The van der Waals surface area contributed by atoms with Crippen LogP contribution in [0.25, 0.3) is 0 Å². The predicted octanol–water partition coefficient (Wildman–Crippen LogP) is 3.11. The lowest BCUT2D eigenvalue weighted by Crippen LogP contribution is -2.38. The van der Waals surface area contributed by atoms with Crippen LogP contribution in [-0.4, -0.2) is 22.3 Å². The maximum Gasteiger partial charge on any atom is 0.339 e. The molecule has 0 saturated heterocycles. The van der Waals surface area contributed by atoms with Crippen molar-refractivity contribution in [3.05, 3.63) is 57.5 Å². The van der Waals surface area contributed by atoms with E-state index < -0.39 is 12.1 Å². The summed E-state index contributed by atoms with van der Waals surface area (Å²) in [5.41, 5.74) is 5.85. The van der Waals surface area contributed by atoms with Crippen LogP contribution < -0.4 is 5.73 Å². The first-order valence-electron chi connectivity index (χ1n) is 7.15. The van der Waals surface area contributed by atoms with Gasteiger partial charge in [0.15, 0.2) is 0 Å². The number of nitrogens with zero attached hydrogens (tertiary/aromatic N) is 1. The highest BCUT2D eigenvalue weighted by atomic mass is 32.1. The molecule has 126 valence electrons. The minimum absolute atomic E-state index is 0.271. The lowest BCUT2D eigenvalue weighted by atomic mass is 10.2. The molecule has 0 aliphatic heterocycles. The number of hydroxylamine groups is 2. The van der Waals surface area contributed by atoms with Crippen molar-refractivity contribution in [2.75, 3.05) is 0 Å². The van der Waals surface area contributed by atoms with Gasteiger partial charge in [-0.1, -0.05) is 24.0 Å². The van der Waals surface area contributed by atoms with Crippen molar-refractivity contribution in [2.24, 2.45) is 5.73 Å². The number of halogens is 1. The van der Waals surface area contributed by atoms with E-state index in [1.54, 1.807) is 19.1 Å². The van der Waals surface area contributed by atoms with E-state index in [1.807, 2.05) is 12.1 Å². The number of rotatable bonds is 5. The summed E-state index contributed by atoms with van der Waals surface area (Å²) in [7, 11) is 0. The van der Waals surface area contributed by atoms with Crippen molar-refractivity contribution < 1.29 is 19.1 Å². The number of carbonyl (C=O) groups excluding carboxylic acids is 1. The molecule has 1 aromatic carbocycles. The zero-order chi connectivity index (χ0) is 17.5. The average Bonchev–Trinajstić information content (AvgIpc) is 3.01. The van der Waals surface area contributed by atoms with E-state index in [9.17, 15) is 14.4 Å². The molecular weight excluding hydrogens is 331 g/mol. The summed E-state index contributed by atoms with van der Waals surface area (Å²) in [6.07, 6.45) is 0. The molecule has 1 unspecified atom stereocenters. The Hall–Kier alpha value is -2.40. The Labute approximate surface area is 143 Å². The van der Waals surface area contributed by atoms with E-state index in [4.69, 9.17) is 10.5 Å². The number of benzene rings is 1. The summed E-state index contributed by atoms with van der Waals surface area (Å²) in [4.78, 5) is 12.6. The van der Waals surface area contributed by atoms with Crippen LogP contribution in [0.4, 0.5) is 9.18 Å². The lowest BCUT2D eigenvalue weighted by Gasteiger charge is -2.14. The number of amides is 2. The van der Waals surface area contributed by atoms with Gasteiger partial charge in [0.05, 0.1) is 18.1 Å². The predicted molar refractivity (Wildman–Crippen MR) is 88.8 cm³/mol. The molecule has 1 heterocycles. The van der Waals surface area contributed by atoms with Crippen molar-refractivity contribution in [3.8, 4) is 11.8 Å². The fraction of sp³-hybridized carbons (Fsp3) is 0.235. The molecule has 1 atom stereocenters. The maximum absolute atomic E-state index is 12.8. The second kappa shape index (κ2) is 8.45. The summed E-state index contributed by atoms with van der Waals surface area (Å²) in [5, 5.41) is 9.72. The fourth-order valence-electron chi connectivity index (χ4n) is 1.80. The maximum atomic E-state index is 12.8. The molecule has 2 rings (SSSR count). The van der Waals surface area contributed by atoms with Crippen molar-refractivity contribution in [1.29, 1.82) is 0 Å². The number of hydrogen-bond donors (Lipinski definition) is 2. The molecule has 24 heavy (non-hydrogen) atoms. The first kappa shape index (κ1) is 17.9. The van der Waals surface area contributed by atoms with Gasteiger partial charge in [0.1, 0.15) is 11.9 Å². The van der Waals surface area contributed by atoms with Crippen LogP contribution in [0.1, 0.15) is 22.2 Å². The normalized spacial score (nSPS) is 11.5. The number of urea groups is 1. The summed E-state index contributed by atoms with van der Waals surface area (Å²) in [5.74, 6) is 5.35. The monoisotopic (exact) mass is 348 g/mol. The first-order chi connectivity index (χ1) is 11.5. The Morgan fingerprint density at radius 1 is 1.33 bits per heavy atom. The quantitative estimate of drug-likeness (QED) is 0.495. The molecule has 2 aromatic rings. The Morgan fingerprint density at radius 2 is 2.04 bits per heavy atom. The van der Waals surface area contributed by atoms with Crippen LogP contribution in [0.5, 0.6) is 0 Å². The number of primary amides is 1. The largest absolute Gasteiger partial charge is 0.371 e. The highest BCUT2D eigenvalue weighted by Gasteiger charge is 2.11. The molecule has 7 heteroatoms. The molecule has 1 aromatic heterocycles. The number of thiophene rings is 1. The van der Waals surface area contributed by atoms with Gasteiger partial charge in [-0.05, 0) is 36.8 Å². The summed E-state index contributed by atoms with van der Waals surface area (Å²) >= 11 is 1.46. The molecule has 3 N–H and O–H groups in total. The topological polar surface area (TPSA) is 75.8 Å². The third kappa shape index (κ3) is 5.35. The molecule has 2 amide bonds. The van der Waals surface area contributed by atoms with Gasteiger partial charge in [-0.15, -0.1) is 11.3 Å². The summed E-state index contributed by atoms with van der Waals surface area (Å²) in [6, 6.07) is 8.26. The standard InChI is InChI=1S/C17H17FN2O3S/c1-12(20(22)17(19)21)2-7-15-8-9-16(24-15)11-23-10-13-3-5-14(18)6-4-13/h3-6,8-9,12,22H,10-11H2,1H3,(H2,19,21). The zero-order valence-electron chi connectivity index (χ0n) is 13.0. The molecule has 0 bridgehead atoms. The van der Waals surface area contributed by atoms with Gasteiger partial charge >= 0.3 is 6.03 Å². The third-order valence-electron chi connectivity index (χ3n) is 3.08. The van der Waals surface area contributed by atoms with E-state index >= 15 is 0 Å². The summed E-state index contributed by atoms with van der Waals surface area (Å²) < 4.78 is 18.4. The molecule has 0 saturated carbocycles. The van der Waals surface area contributed by atoms with Gasteiger partial charge in [-0.3, -0.25) is 5.21 Å². The van der Waals surface area contributed by atoms with Gasteiger partial charge in [0, 0.05) is 4.88 Å². The minimum atomic E-state index is -0.946. The summed E-state index contributed by atoms with van der Waals surface area (Å²) in [6.45, 7) is 2.39. The smallest absolute Gasteiger partial charge is 0.339 e. The van der Waals surface area contributed by atoms with Crippen LogP contribution in [-0.2, 0) is 18.0 Å². The van der Waals surface area contributed by atoms with Crippen molar-refractivity contribution in [3.63, 3.8) is 0 Å². The van der Waals surface area contributed by atoms with Crippen molar-refractivity contribution in [2.45, 2.75) is 26.2 Å². The molecule has 0 radical (unpaired) electrons. The molecular formula is C17H17FN2O3S. The van der Waals surface area contributed by atoms with Gasteiger partial charge in [-0.2, -0.15) is 5.06 Å². The van der Waals surface area contributed by atoms with E-state index in [0.29, 0.717) is 18.3 Å². The molecule has 0 fully saturated rings. The number of hydrogen-bond acceptors (Lipinski definition) is 4. The molecule has 5 nitrogen and oxygen atoms in total. The van der Waals surface area contributed by atoms with Gasteiger partial charge < -0.3 is 10.5 Å². The number of ether oxygens (including phenoxy) is 1. The van der Waals surface area contributed by atoms with Gasteiger partial charge in [0.25, 0.3) is 0 Å². The SMILES string of the molecule is CC(C#Cc1ccc(COCc2ccc(F)cc2)s1)N(O)C(N)=O. The van der Waals surface area contributed by atoms with Crippen LogP contribution in [0.2, 0.25) is 0 Å². The van der Waals surface area contributed by atoms with Crippen LogP contribution in [0.15, 0.2) is 36.4 Å². The number of carbonyl (C=O) groups is 1. The van der Waals surface area contributed by atoms with Crippen LogP contribution in [0, 0.1) is 17.7 Å². The second-order valence-corrected chi connectivity index (χ2v) is 6.18. The van der Waals surface area contributed by atoms with Crippen LogP contribution >= 0.6 is 11.3 Å². The third-order valence-corrected chi connectivity index (χ3v) is 4.06. The number of nitrogens with two attached hydrogens (primary N) is 1. The Balaban J connectivity index is 1.85. The van der Waals surface area contributed by atoms with Crippen LogP contribution in [0.3, 0.4) is 0 Å². The first-order valence-corrected chi connectivity index (χ1v) is 7.97.